The number of aryl methyl sites for hydroxylation is 1. The molecule has 1 aromatic rings. The van der Waals surface area contributed by atoms with Gasteiger partial charge in [0, 0.05) is 23.8 Å². The maximum absolute atomic E-state index is 5.38. The van der Waals surface area contributed by atoms with E-state index in [4.69, 9.17) is 5.84 Å². The van der Waals surface area contributed by atoms with Gasteiger partial charge in [-0.2, -0.15) is 4.98 Å². The van der Waals surface area contributed by atoms with E-state index in [2.05, 4.69) is 34.1 Å². The van der Waals surface area contributed by atoms with Crippen LogP contribution in [-0.4, -0.2) is 22.1 Å². The van der Waals surface area contributed by atoms with E-state index >= 15 is 0 Å². The topological polar surface area (TPSA) is 67.1 Å². The zero-order valence-corrected chi connectivity index (χ0v) is 10.8. The van der Waals surface area contributed by atoms with E-state index in [0.717, 1.165) is 17.8 Å². The number of hydrogen-bond donors (Lipinski definition) is 2. The van der Waals surface area contributed by atoms with Crippen molar-refractivity contribution in [2.24, 2.45) is 5.84 Å². The van der Waals surface area contributed by atoms with Gasteiger partial charge in [-0.1, -0.05) is 6.92 Å². The minimum atomic E-state index is 0.486. The van der Waals surface area contributed by atoms with Gasteiger partial charge in [0.1, 0.15) is 5.82 Å². The molecule has 1 aliphatic rings. The van der Waals surface area contributed by atoms with Gasteiger partial charge >= 0.3 is 0 Å². The molecule has 2 rings (SSSR count). The van der Waals surface area contributed by atoms with Gasteiger partial charge in [-0.05, 0) is 33.1 Å². The maximum atomic E-state index is 5.38. The van der Waals surface area contributed by atoms with Crippen molar-refractivity contribution in [3.63, 3.8) is 0 Å². The fourth-order valence-electron chi connectivity index (χ4n) is 2.62. The average Bonchev–Trinajstić information content (AvgIpc) is 2.71. The van der Waals surface area contributed by atoms with E-state index in [1.807, 2.05) is 13.1 Å². The normalized spacial score (nSPS) is 24.1. The lowest BCUT2D eigenvalue weighted by atomic mass is 10.1. The zero-order chi connectivity index (χ0) is 12.4. The van der Waals surface area contributed by atoms with Crippen molar-refractivity contribution in [2.45, 2.75) is 52.1 Å². The van der Waals surface area contributed by atoms with Crippen LogP contribution in [-0.2, 0) is 0 Å². The standard InChI is InChI=1S/C12H21N5/c1-4-10-6-5-9(3)17(10)11-8(2)7-14-12(15-11)16-13/h7,9-10H,4-6,13H2,1-3H3,(H,14,15,16). The number of nitrogens with two attached hydrogens (primary N) is 1. The highest BCUT2D eigenvalue weighted by molar-refractivity contribution is 5.51. The molecular weight excluding hydrogens is 214 g/mol. The summed E-state index contributed by atoms with van der Waals surface area (Å²) < 4.78 is 0. The van der Waals surface area contributed by atoms with E-state index in [9.17, 15) is 0 Å². The molecule has 0 bridgehead atoms. The molecule has 1 fully saturated rings. The van der Waals surface area contributed by atoms with Gasteiger partial charge in [0.2, 0.25) is 5.95 Å². The summed E-state index contributed by atoms with van der Waals surface area (Å²) in [6, 6.07) is 1.13. The number of nitrogens with one attached hydrogen (secondary N) is 1. The first-order valence-corrected chi connectivity index (χ1v) is 6.26. The van der Waals surface area contributed by atoms with Gasteiger partial charge in [0.05, 0.1) is 0 Å². The Hall–Kier alpha value is -1.36. The van der Waals surface area contributed by atoms with Gasteiger partial charge in [-0.25, -0.2) is 10.8 Å². The second-order valence-corrected chi connectivity index (χ2v) is 4.74. The van der Waals surface area contributed by atoms with E-state index in [-0.39, 0.29) is 0 Å². The molecule has 0 saturated carbocycles. The van der Waals surface area contributed by atoms with Crippen LogP contribution in [0.25, 0.3) is 0 Å². The van der Waals surface area contributed by atoms with Crippen LogP contribution in [0.15, 0.2) is 6.20 Å². The van der Waals surface area contributed by atoms with Crippen molar-refractivity contribution in [1.29, 1.82) is 0 Å². The summed E-state index contributed by atoms with van der Waals surface area (Å²) in [4.78, 5) is 11.0. The highest BCUT2D eigenvalue weighted by atomic mass is 15.3. The number of rotatable bonds is 3. The lowest BCUT2D eigenvalue weighted by Crippen LogP contribution is -2.35. The second kappa shape index (κ2) is 4.87. The fourth-order valence-corrected chi connectivity index (χ4v) is 2.62. The van der Waals surface area contributed by atoms with Crippen LogP contribution in [0.1, 0.15) is 38.7 Å². The molecule has 5 heteroatoms. The molecule has 1 aromatic heterocycles. The van der Waals surface area contributed by atoms with Crippen LogP contribution < -0.4 is 16.2 Å². The summed E-state index contributed by atoms with van der Waals surface area (Å²) in [5, 5.41) is 0. The molecule has 2 atom stereocenters. The summed E-state index contributed by atoms with van der Waals surface area (Å²) in [7, 11) is 0. The highest BCUT2D eigenvalue weighted by Gasteiger charge is 2.31. The Bertz CT molecular complexity index is 392. The molecule has 5 nitrogen and oxygen atoms in total. The Morgan fingerprint density at radius 1 is 1.53 bits per heavy atom. The monoisotopic (exact) mass is 235 g/mol. The number of aromatic nitrogens is 2. The molecule has 0 aromatic carbocycles. The molecule has 0 spiro atoms. The summed E-state index contributed by atoms with van der Waals surface area (Å²) >= 11 is 0. The minimum Gasteiger partial charge on any atom is -0.351 e. The van der Waals surface area contributed by atoms with Gasteiger partial charge in [0.15, 0.2) is 0 Å². The number of nitrogens with zero attached hydrogens (tertiary/aromatic N) is 3. The Morgan fingerprint density at radius 2 is 2.29 bits per heavy atom. The van der Waals surface area contributed by atoms with Crippen LogP contribution in [0.2, 0.25) is 0 Å². The van der Waals surface area contributed by atoms with E-state index in [0.29, 0.717) is 18.0 Å². The summed E-state index contributed by atoms with van der Waals surface area (Å²) in [5.74, 6) is 6.88. The SMILES string of the molecule is CCC1CCC(C)N1c1nc(NN)ncc1C. The van der Waals surface area contributed by atoms with Crippen molar-refractivity contribution in [3.05, 3.63) is 11.8 Å². The second-order valence-electron chi connectivity index (χ2n) is 4.74. The molecular formula is C12H21N5. The maximum Gasteiger partial charge on any atom is 0.239 e. The Labute approximate surface area is 102 Å². The fraction of sp³-hybridized carbons (Fsp3) is 0.667. The summed E-state index contributed by atoms with van der Waals surface area (Å²) in [6.07, 6.45) is 5.45. The third-order valence-electron chi connectivity index (χ3n) is 3.58. The van der Waals surface area contributed by atoms with Crippen molar-refractivity contribution in [2.75, 3.05) is 10.3 Å². The number of hydrogen-bond acceptors (Lipinski definition) is 5. The molecule has 0 amide bonds. The van der Waals surface area contributed by atoms with E-state index in [1.54, 1.807) is 0 Å². The Balaban J connectivity index is 2.37. The van der Waals surface area contributed by atoms with Gasteiger partial charge < -0.3 is 4.90 Å². The number of nitrogen functional groups attached to an aromatic ring is 1. The van der Waals surface area contributed by atoms with Crippen LogP contribution >= 0.6 is 0 Å². The molecule has 2 heterocycles. The first-order valence-electron chi connectivity index (χ1n) is 6.26. The molecule has 2 unspecified atom stereocenters. The minimum absolute atomic E-state index is 0.486. The van der Waals surface area contributed by atoms with Crippen LogP contribution in [0.3, 0.4) is 0 Å². The smallest absolute Gasteiger partial charge is 0.239 e. The lowest BCUT2D eigenvalue weighted by Gasteiger charge is -2.30. The largest absolute Gasteiger partial charge is 0.351 e. The van der Waals surface area contributed by atoms with Crippen LogP contribution in [0, 0.1) is 6.92 Å². The lowest BCUT2D eigenvalue weighted by molar-refractivity contribution is 0.619. The molecule has 1 saturated heterocycles. The van der Waals surface area contributed by atoms with Crippen molar-refractivity contribution in [3.8, 4) is 0 Å². The van der Waals surface area contributed by atoms with Crippen LogP contribution in [0.5, 0.6) is 0 Å². The van der Waals surface area contributed by atoms with Gasteiger partial charge in [-0.15, -0.1) is 0 Å². The zero-order valence-electron chi connectivity index (χ0n) is 10.8. The third kappa shape index (κ3) is 2.20. The molecule has 0 radical (unpaired) electrons. The van der Waals surface area contributed by atoms with Crippen molar-refractivity contribution < 1.29 is 0 Å². The highest BCUT2D eigenvalue weighted by Crippen LogP contribution is 2.32. The molecule has 0 aliphatic carbocycles. The molecule has 94 valence electrons. The van der Waals surface area contributed by atoms with Crippen LogP contribution in [0.4, 0.5) is 11.8 Å². The van der Waals surface area contributed by atoms with E-state index < -0.39 is 0 Å². The molecule has 17 heavy (non-hydrogen) atoms. The number of hydrazine groups is 1. The average molecular weight is 235 g/mol. The summed E-state index contributed by atoms with van der Waals surface area (Å²) in [6.45, 7) is 6.54. The quantitative estimate of drug-likeness (QED) is 0.618. The number of anilines is 2. The van der Waals surface area contributed by atoms with Crippen molar-refractivity contribution >= 4 is 11.8 Å². The van der Waals surface area contributed by atoms with Crippen molar-refractivity contribution in [1.82, 2.24) is 9.97 Å². The molecule has 3 N–H and O–H groups in total. The first-order chi connectivity index (χ1) is 8.17. The Kier molecular flexibility index (Phi) is 3.47. The molecule has 1 aliphatic heterocycles. The Morgan fingerprint density at radius 3 is 2.94 bits per heavy atom. The first kappa shape index (κ1) is 12.1. The van der Waals surface area contributed by atoms with E-state index in [1.165, 1.54) is 12.8 Å². The summed E-state index contributed by atoms with van der Waals surface area (Å²) in [5.41, 5.74) is 3.62. The third-order valence-corrected chi connectivity index (χ3v) is 3.58. The van der Waals surface area contributed by atoms with Gasteiger partial charge in [-0.3, -0.25) is 5.43 Å². The predicted octanol–water partition coefficient (Wildman–Crippen LogP) is 1.84. The predicted molar refractivity (Wildman–Crippen MR) is 69.8 cm³/mol. The van der Waals surface area contributed by atoms with Gasteiger partial charge in [0.25, 0.3) is 0 Å².